The minimum Gasteiger partial charge on any atom is -0.497 e. The summed E-state index contributed by atoms with van der Waals surface area (Å²) in [5.74, 6) is 5.59. The highest BCUT2D eigenvalue weighted by atomic mass is 16.5. The van der Waals surface area contributed by atoms with Crippen molar-refractivity contribution in [1.29, 1.82) is 0 Å². The summed E-state index contributed by atoms with van der Waals surface area (Å²) in [6, 6.07) is 13.8. The number of carbonyl (C=O) groups excluding carboxylic acids is 2. The number of nitrogens with zero attached hydrogens (tertiary/aromatic N) is 1. The Balaban J connectivity index is 1.94. The van der Waals surface area contributed by atoms with Crippen molar-refractivity contribution in [2.24, 2.45) is 5.84 Å². The number of rotatable bonds is 3. The molecule has 2 aromatic carbocycles. The van der Waals surface area contributed by atoms with Gasteiger partial charge in [0.15, 0.2) is 6.10 Å². The van der Waals surface area contributed by atoms with Gasteiger partial charge in [-0.2, -0.15) is 0 Å². The summed E-state index contributed by atoms with van der Waals surface area (Å²) >= 11 is 0. The van der Waals surface area contributed by atoms with E-state index in [4.69, 9.17) is 15.3 Å². The van der Waals surface area contributed by atoms with E-state index in [0.29, 0.717) is 22.7 Å². The molecule has 1 aliphatic heterocycles. The van der Waals surface area contributed by atoms with E-state index in [1.165, 1.54) is 4.90 Å². The van der Waals surface area contributed by atoms with Crippen LogP contribution in [0, 0.1) is 0 Å². The lowest BCUT2D eigenvalue weighted by atomic mass is 10.1. The van der Waals surface area contributed by atoms with Gasteiger partial charge in [-0.1, -0.05) is 12.1 Å². The van der Waals surface area contributed by atoms with Gasteiger partial charge in [0.1, 0.15) is 11.5 Å². The van der Waals surface area contributed by atoms with Crippen LogP contribution >= 0.6 is 0 Å². The quantitative estimate of drug-likeness (QED) is 0.500. The van der Waals surface area contributed by atoms with Crippen LogP contribution in [0.2, 0.25) is 0 Å². The summed E-state index contributed by atoms with van der Waals surface area (Å²) in [6.07, 6.45) is -0.868. The summed E-state index contributed by atoms with van der Waals surface area (Å²) in [5.41, 5.74) is 3.16. The Hall–Kier alpha value is -3.06. The maximum absolute atomic E-state index is 12.9. The topological polar surface area (TPSA) is 93.9 Å². The van der Waals surface area contributed by atoms with Gasteiger partial charge in [-0.25, -0.2) is 5.84 Å². The molecule has 0 aliphatic carbocycles. The van der Waals surface area contributed by atoms with E-state index >= 15 is 0 Å². The summed E-state index contributed by atoms with van der Waals surface area (Å²) in [5, 5.41) is 0. The van der Waals surface area contributed by atoms with Crippen LogP contribution in [0.25, 0.3) is 0 Å². The molecule has 24 heavy (non-hydrogen) atoms. The van der Waals surface area contributed by atoms with Crippen LogP contribution in [-0.4, -0.2) is 31.6 Å². The van der Waals surface area contributed by atoms with E-state index in [1.54, 1.807) is 55.6 Å². The van der Waals surface area contributed by atoms with Gasteiger partial charge in [0.05, 0.1) is 19.3 Å². The van der Waals surface area contributed by atoms with Gasteiger partial charge in [0.2, 0.25) is 0 Å². The van der Waals surface area contributed by atoms with Crippen molar-refractivity contribution in [1.82, 2.24) is 5.43 Å². The van der Waals surface area contributed by atoms with Gasteiger partial charge >= 0.3 is 0 Å². The van der Waals surface area contributed by atoms with Crippen LogP contribution in [0.15, 0.2) is 48.5 Å². The van der Waals surface area contributed by atoms with Crippen LogP contribution in [0.5, 0.6) is 11.5 Å². The highest BCUT2D eigenvalue weighted by Gasteiger charge is 2.33. The summed E-state index contributed by atoms with van der Waals surface area (Å²) in [7, 11) is 1.56. The minimum atomic E-state index is -0.868. The minimum absolute atomic E-state index is 0.0743. The van der Waals surface area contributed by atoms with Gasteiger partial charge in [-0.05, 0) is 36.4 Å². The normalized spacial score (nSPS) is 15.9. The van der Waals surface area contributed by atoms with E-state index in [-0.39, 0.29) is 12.5 Å². The number of hydrogen-bond acceptors (Lipinski definition) is 5. The van der Waals surface area contributed by atoms with E-state index in [0.717, 1.165) is 0 Å². The fourth-order valence-electron chi connectivity index (χ4n) is 2.55. The van der Waals surface area contributed by atoms with Crippen molar-refractivity contribution in [3.63, 3.8) is 0 Å². The first-order chi connectivity index (χ1) is 11.6. The number of amides is 2. The Morgan fingerprint density at radius 2 is 1.92 bits per heavy atom. The molecule has 7 nitrogen and oxygen atoms in total. The smallest absolute Gasteiger partial charge is 0.276 e. The third-order valence-electron chi connectivity index (χ3n) is 3.79. The van der Waals surface area contributed by atoms with Crippen molar-refractivity contribution in [3.05, 3.63) is 54.1 Å². The molecular formula is C17H17N3O4. The number of nitrogens with one attached hydrogen (secondary N) is 1. The molecule has 3 N–H and O–H groups in total. The Kier molecular flexibility index (Phi) is 4.35. The molecule has 0 aromatic heterocycles. The molecule has 0 unspecified atom stereocenters. The van der Waals surface area contributed by atoms with Crippen LogP contribution < -0.4 is 25.6 Å². The fraction of sp³-hybridized carbons (Fsp3) is 0.176. The second kappa shape index (κ2) is 6.59. The molecule has 0 radical (unpaired) electrons. The van der Waals surface area contributed by atoms with E-state index in [1.807, 2.05) is 0 Å². The molecule has 3 rings (SSSR count). The molecule has 1 atom stereocenters. The zero-order chi connectivity index (χ0) is 17.1. The maximum Gasteiger partial charge on any atom is 0.276 e. The monoisotopic (exact) mass is 327 g/mol. The highest BCUT2D eigenvalue weighted by Crippen LogP contribution is 2.34. The Morgan fingerprint density at radius 3 is 2.58 bits per heavy atom. The number of hydrogen-bond donors (Lipinski definition) is 2. The average molecular weight is 327 g/mol. The van der Waals surface area contributed by atoms with Crippen LogP contribution in [0.3, 0.4) is 0 Å². The number of anilines is 1. The van der Waals surface area contributed by atoms with Crippen molar-refractivity contribution in [2.45, 2.75) is 6.10 Å². The molecule has 0 saturated heterocycles. The molecule has 0 spiro atoms. The van der Waals surface area contributed by atoms with Gasteiger partial charge in [0.25, 0.3) is 11.8 Å². The molecule has 124 valence electrons. The fourth-order valence-corrected chi connectivity index (χ4v) is 2.55. The molecule has 0 saturated carbocycles. The standard InChI is InChI=1S/C17H17N3O4/c1-23-12-8-6-11(7-9-12)17(22)20-10-15(16(21)19-18)24-14-5-3-2-4-13(14)20/h2-9,15H,10,18H2,1H3,(H,19,21)/t15-/m0/s1. The molecule has 0 bridgehead atoms. The third kappa shape index (κ3) is 2.89. The van der Waals surface area contributed by atoms with Crippen molar-refractivity contribution >= 4 is 17.5 Å². The number of carbonyl (C=O) groups is 2. The third-order valence-corrected chi connectivity index (χ3v) is 3.79. The lowest BCUT2D eigenvalue weighted by Gasteiger charge is -2.34. The van der Waals surface area contributed by atoms with Crippen molar-refractivity contribution < 1.29 is 19.1 Å². The largest absolute Gasteiger partial charge is 0.497 e. The Bertz CT molecular complexity index is 761. The molecule has 1 heterocycles. The van der Waals surface area contributed by atoms with Crippen LogP contribution in [-0.2, 0) is 4.79 Å². The van der Waals surface area contributed by atoms with Gasteiger partial charge < -0.3 is 14.4 Å². The van der Waals surface area contributed by atoms with E-state index in [2.05, 4.69) is 5.43 Å². The number of para-hydroxylation sites is 2. The van der Waals surface area contributed by atoms with E-state index in [9.17, 15) is 9.59 Å². The zero-order valence-corrected chi connectivity index (χ0v) is 13.1. The van der Waals surface area contributed by atoms with E-state index < -0.39 is 12.0 Å². The summed E-state index contributed by atoms with van der Waals surface area (Å²) in [6.45, 7) is 0.0743. The average Bonchev–Trinajstić information content (AvgIpc) is 2.66. The first-order valence-corrected chi connectivity index (χ1v) is 7.36. The first kappa shape index (κ1) is 15.8. The molecule has 0 fully saturated rings. The predicted molar refractivity (Wildman–Crippen MR) is 87.9 cm³/mol. The molecular weight excluding hydrogens is 310 g/mol. The number of methoxy groups -OCH3 is 1. The van der Waals surface area contributed by atoms with Gasteiger partial charge in [0, 0.05) is 5.56 Å². The summed E-state index contributed by atoms with van der Waals surface area (Å²) < 4.78 is 10.7. The second-order valence-electron chi connectivity index (χ2n) is 5.23. The zero-order valence-electron chi connectivity index (χ0n) is 13.1. The number of ether oxygens (including phenoxy) is 2. The van der Waals surface area contributed by atoms with Gasteiger partial charge in [-0.15, -0.1) is 0 Å². The van der Waals surface area contributed by atoms with Gasteiger partial charge in [-0.3, -0.25) is 15.0 Å². The Morgan fingerprint density at radius 1 is 1.21 bits per heavy atom. The highest BCUT2D eigenvalue weighted by molar-refractivity contribution is 6.07. The number of benzene rings is 2. The first-order valence-electron chi connectivity index (χ1n) is 7.36. The maximum atomic E-state index is 12.9. The summed E-state index contributed by atoms with van der Waals surface area (Å²) in [4.78, 5) is 26.2. The number of fused-ring (bicyclic) bond motifs is 1. The molecule has 2 aromatic rings. The van der Waals surface area contributed by atoms with Crippen LogP contribution in [0.4, 0.5) is 5.69 Å². The second-order valence-corrected chi connectivity index (χ2v) is 5.23. The number of hydrazine groups is 1. The number of nitrogens with two attached hydrogens (primary N) is 1. The SMILES string of the molecule is COc1ccc(C(=O)N2C[C@@H](C(=O)NN)Oc3ccccc32)cc1. The Labute approximate surface area is 138 Å². The van der Waals surface area contributed by atoms with Crippen LogP contribution in [0.1, 0.15) is 10.4 Å². The lowest BCUT2D eigenvalue weighted by molar-refractivity contribution is -0.127. The lowest BCUT2D eigenvalue weighted by Crippen LogP contribution is -2.52. The van der Waals surface area contributed by atoms with Crippen molar-refractivity contribution in [2.75, 3.05) is 18.6 Å². The molecule has 7 heteroatoms. The van der Waals surface area contributed by atoms with Crippen molar-refractivity contribution in [3.8, 4) is 11.5 Å². The predicted octanol–water partition coefficient (Wildman–Crippen LogP) is 1.09. The molecule has 1 aliphatic rings. The molecule has 2 amide bonds.